The van der Waals surface area contributed by atoms with Crippen LogP contribution in [0, 0.1) is 24.7 Å². The summed E-state index contributed by atoms with van der Waals surface area (Å²) in [6.45, 7) is 2.54. The molecule has 1 aliphatic carbocycles. The van der Waals surface area contributed by atoms with Crippen molar-refractivity contribution in [1.29, 1.82) is 0 Å². The Morgan fingerprint density at radius 2 is 1.97 bits per heavy atom. The number of aryl methyl sites for hydroxylation is 1. The first-order chi connectivity index (χ1) is 16.3. The maximum absolute atomic E-state index is 12.5. The van der Waals surface area contributed by atoms with Gasteiger partial charge < -0.3 is 15.3 Å². The number of piperidine rings is 1. The number of nitrogens with zero attached hydrogens (tertiary/aromatic N) is 4. The molecule has 0 spiro atoms. The van der Waals surface area contributed by atoms with E-state index in [1.165, 1.54) is 6.20 Å². The molecule has 5 rings (SSSR count). The Hall–Kier alpha value is -3.83. The third kappa shape index (κ3) is 4.11. The Kier molecular flexibility index (Phi) is 5.50. The smallest absolute Gasteiger partial charge is 0.258 e. The summed E-state index contributed by atoms with van der Waals surface area (Å²) in [4.78, 5) is 39.3. The van der Waals surface area contributed by atoms with Gasteiger partial charge in [0.1, 0.15) is 11.5 Å². The Morgan fingerprint density at radius 1 is 1.15 bits per heavy atom. The van der Waals surface area contributed by atoms with Crippen LogP contribution in [-0.4, -0.2) is 50.4 Å². The second kappa shape index (κ2) is 8.50. The summed E-state index contributed by atoms with van der Waals surface area (Å²) in [6.07, 6.45) is 7.87. The third-order valence-corrected chi connectivity index (χ3v) is 6.47. The van der Waals surface area contributed by atoms with E-state index < -0.39 is 5.60 Å². The number of carbonyl (C=O) groups excluding carboxylic acids is 2. The van der Waals surface area contributed by atoms with E-state index >= 15 is 0 Å². The number of fused-ring (bicyclic) bond motifs is 1. The van der Waals surface area contributed by atoms with Gasteiger partial charge >= 0.3 is 0 Å². The molecular formula is C26H25N5O3. The summed E-state index contributed by atoms with van der Waals surface area (Å²) >= 11 is 0. The van der Waals surface area contributed by atoms with Gasteiger partial charge in [0.15, 0.2) is 5.60 Å². The van der Waals surface area contributed by atoms with Crippen molar-refractivity contribution < 1.29 is 14.7 Å². The molecule has 2 aliphatic rings. The van der Waals surface area contributed by atoms with E-state index in [0.717, 1.165) is 35.7 Å². The van der Waals surface area contributed by atoms with Gasteiger partial charge in [0.2, 0.25) is 5.91 Å². The molecule has 8 heteroatoms. The number of likely N-dealkylation sites (N-methyl/N-ethyl adjacent to an activating group) is 1. The van der Waals surface area contributed by atoms with Crippen LogP contribution in [0.3, 0.4) is 0 Å². The van der Waals surface area contributed by atoms with Crippen molar-refractivity contribution >= 4 is 28.4 Å². The predicted molar refractivity (Wildman–Crippen MR) is 127 cm³/mol. The van der Waals surface area contributed by atoms with Crippen LogP contribution in [0.5, 0.6) is 0 Å². The maximum atomic E-state index is 12.5. The lowest BCUT2D eigenvalue weighted by atomic mass is 9.86. The first-order valence-electron chi connectivity index (χ1n) is 11.4. The number of aliphatic hydroxyl groups is 1. The molecule has 2 N–H and O–H groups in total. The zero-order valence-electron chi connectivity index (χ0n) is 19.1. The molecular weight excluding hydrogens is 430 g/mol. The molecule has 172 valence electrons. The van der Waals surface area contributed by atoms with E-state index in [9.17, 15) is 14.7 Å². The fraction of sp³-hybridized carbons (Fsp3) is 0.346. The van der Waals surface area contributed by atoms with Gasteiger partial charge in [0.25, 0.3) is 5.91 Å². The number of nitrogens with one attached hydrogen (secondary N) is 1. The molecule has 1 saturated heterocycles. The molecule has 2 fully saturated rings. The summed E-state index contributed by atoms with van der Waals surface area (Å²) in [7, 11) is 1.69. The molecule has 34 heavy (non-hydrogen) atoms. The fourth-order valence-corrected chi connectivity index (χ4v) is 4.22. The Bertz CT molecular complexity index is 1350. The van der Waals surface area contributed by atoms with Gasteiger partial charge in [-0.1, -0.05) is 12.0 Å². The third-order valence-electron chi connectivity index (χ3n) is 6.47. The first kappa shape index (κ1) is 22.0. The normalized spacial score (nSPS) is 20.1. The van der Waals surface area contributed by atoms with Crippen molar-refractivity contribution in [1.82, 2.24) is 19.9 Å². The number of hydrogen-bond acceptors (Lipinski definition) is 6. The average molecular weight is 456 g/mol. The molecule has 1 atom stereocenters. The zero-order chi connectivity index (χ0) is 23.9. The topological polar surface area (TPSA) is 108 Å². The molecule has 1 saturated carbocycles. The number of likely N-dealkylation sites (tertiary alicyclic amines) is 1. The van der Waals surface area contributed by atoms with Gasteiger partial charge in [0.05, 0.1) is 5.56 Å². The minimum absolute atomic E-state index is 0.00107. The standard InChI is InChI=1S/C26H25N5O3/c1-16-22-15-29-23(30-24(32)17-4-5-17)12-21(22)18(13-27-16)6-8-20-9-7-19(14-28-20)26(34)10-3-11-31(2)25(26)33/h7,9,12-15,17,34H,3-5,10-11H2,1-2H3,(H,29,30,32)/t26-/m1/s1. The number of pyridine rings is 3. The summed E-state index contributed by atoms with van der Waals surface area (Å²) in [6, 6.07) is 5.23. The van der Waals surface area contributed by atoms with E-state index in [0.29, 0.717) is 35.6 Å². The second-order valence-corrected chi connectivity index (χ2v) is 9.01. The summed E-state index contributed by atoms with van der Waals surface area (Å²) in [5.74, 6) is 6.43. The van der Waals surface area contributed by atoms with Gasteiger partial charge in [-0.3, -0.25) is 14.6 Å². The number of aromatic nitrogens is 3. The van der Waals surface area contributed by atoms with Gasteiger partial charge in [-0.25, -0.2) is 9.97 Å². The largest absolute Gasteiger partial charge is 0.375 e. The van der Waals surface area contributed by atoms with Crippen LogP contribution in [0.15, 0.2) is 36.8 Å². The summed E-state index contributed by atoms with van der Waals surface area (Å²) in [5.41, 5.74) is 0.954. The Morgan fingerprint density at radius 3 is 2.71 bits per heavy atom. The molecule has 3 aromatic rings. The highest BCUT2D eigenvalue weighted by Crippen LogP contribution is 2.32. The van der Waals surface area contributed by atoms with Crippen molar-refractivity contribution in [2.24, 2.45) is 5.92 Å². The van der Waals surface area contributed by atoms with Crippen LogP contribution in [-0.2, 0) is 15.2 Å². The van der Waals surface area contributed by atoms with Crippen molar-refractivity contribution in [3.8, 4) is 11.8 Å². The molecule has 3 aromatic heterocycles. The van der Waals surface area contributed by atoms with E-state index in [4.69, 9.17) is 0 Å². The number of hydrogen-bond donors (Lipinski definition) is 2. The van der Waals surface area contributed by atoms with E-state index in [2.05, 4.69) is 32.1 Å². The summed E-state index contributed by atoms with van der Waals surface area (Å²) < 4.78 is 0. The monoisotopic (exact) mass is 455 g/mol. The van der Waals surface area contributed by atoms with E-state index in [1.807, 2.05) is 13.0 Å². The second-order valence-electron chi connectivity index (χ2n) is 9.01. The van der Waals surface area contributed by atoms with Gasteiger partial charge in [-0.15, -0.1) is 0 Å². The van der Waals surface area contributed by atoms with Crippen LogP contribution in [0.4, 0.5) is 5.82 Å². The van der Waals surface area contributed by atoms with Crippen LogP contribution < -0.4 is 5.32 Å². The van der Waals surface area contributed by atoms with Crippen LogP contribution in [0.25, 0.3) is 10.8 Å². The number of rotatable bonds is 3. The first-order valence-corrected chi connectivity index (χ1v) is 11.4. The average Bonchev–Trinajstić information content (AvgIpc) is 3.68. The predicted octanol–water partition coefficient (Wildman–Crippen LogP) is 2.52. The SMILES string of the molecule is Cc1ncc(C#Cc2ccc([C@]3(O)CCCN(C)C3=O)cn2)c2cc(NC(=O)C3CC3)ncc12. The lowest BCUT2D eigenvalue weighted by Crippen LogP contribution is -2.49. The lowest BCUT2D eigenvalue weighted by Gasteiger charge is -2.36. The fourth-order valence-electron chi connectivity index (χ4n) is 4.22. The highest BCUT2D eigenvalue weighted by atomic mass is 16.3. The van der Waals surface area contributed by atoms with Crippen LogP contribution >= 0.6 is 0 Å². The number of carbonyl (C=O) groups is 2. The molecule has 0 radical (unpaired) electrons. The minimum Gasteiger partial charge on any atom is -0.375 e. The van der Waals surface area contributed by atoms with Crippen molar-refractivity contribution in [2.75, 3.05) is 18.9 Å². The molecule has 8 nitrogen and oxygen atoms in total. The van der Waals surface area contributed by atoms with Crippen molar-refractivity contribution in [3.05, 3.63) is 59.3 Å². The maximum Gasteiger partial charge on any atom is 0.258 e. The van der Waals surface area contributed by atoms with Crippen LogP contribution in [0.1, 0.15) is 48.2 Å². The number of amides is 2. The van der Waals surface area contributed by atoms with E-state index in [1.54, 1.807) is 36.5 Å². The van der Waals surface area contributed by atoms with Gasteiger partial charge in [-0.05, 0) is 50.7 Å². The highest BCUT2D eigenvalue weighted by Gasteiger charge is 2.42. The van der Waals surface area contributed by atoms with Crippen molar-refractivity contribution in [3.63, 3.8) is 0 Å². The summed E-state index contributed by atoms with van der Waals surface area (Å²) in [5, 5.41) is 15.5. The van der Waals surface area contributed by atoms with Crippen molar-refractivity contribution in [2.45, 2.75) is 38.2 Å². The van der Waals surface area contributed by atoms with Gasteiger partial charge in [-0.2, -0.15) is 0 Å². The molecule has 0 bridgehead atoms. The van der Waals surface area contributed by atoms with Crippen LogP contribution in [0.2, 0.25) is 0 Å². The minimum atomic E-state index is -1.54. The molecule has 2 amide bonds. The highest BCUT2D eigenvalue weighted by molar-refractivity contribution is 5.97. The molecule has 4 heterocycles. The lowest BCUT2D eigenvalue weighted by molar-refractivity contribution is -0.156. The van der Waals surface area contributed by atoms with Gasteiger partial charge in [0, 0.05) is 60.1 Å². The molecule has 0 aromatic carbocycles. The van der Waals surface area contributed by atoms with E-state index in [-0.39, 0.29) is 17.7 Å². The molecule has 0 unspecified atom stereocenters. The Balaban J connectivity index is 1.43. The number of anilines is 1. The molecule has 1 aliphatic heterocycles. The quantitative estimate of drug-likeness (QED) is 0.588. The zero-order valence-corrected chi connectivity index (χ0v) is 19.1. The Labute approximate surface area is 197 Å².